The topological polar surface area (TPSA) is 64.1 Å². The molecule has 0 radical (unpaired) electrons. The van der Waals surface area contributed by atoms with E-state index in [9.17, 15) is 8.78 Å². The third-order valence-electron chi connectivity index (χ3n) is 4.35. The van der Waals surface area contributed by atoms with Crippen molar-refractivity contribution < 1.29 is 23.0 Å². The number of ether oxygens (including phenoxy) is 3. The summed E-state index contributed by atoms with van der Waals surface area (Å²) in [4.78, 5) is 4.19. The molecule has 2 N–H and O–H groups in total. The number of halogens is 2. The van der Waals surface area contributed by atoms with Crippen LogP contribution >= 0.6 is 0 Å². The van der Waals surface area contributed by atoms with Crippen LogP contribution in [0.1, 0.15) is 31.7 Å². The van der Waals surface area contributed by atoms with Gasteiger partial charge < -0.3 is 24.8 Å². The summed E-state index contributed by atoms with van der Waals surface area (Å²) in [6.07, 6.45) is 3.50. The van der Waals surface area contributed by atoms with Crippen molar-refractivity contribution in [2.75, 3.05) is 13.8 Å². The van der Waals surface area contributed by atoms with Gasteiger partial charge in [0.05, 0.1) is 0 Å². The van der Waals surface area contributed by atoms with E-state index in [0.29, 0.717) is 35.0 Å². The number of benzene rings is 1. The lowest BCUT2D eigenvalue weighted by Crippen LogP contribution is -2.38. The number of hydrogen-bond acceptors (Lipinski definition) is 4. The molecule has 2 atom stereocenters. The number of alkyl halides is 2. The van der Waals surface area contributed by atoms with Gasteiger partial charge in [-0.3, -0.25) is 4.99 Å². The highest BCUT2D eigenvalue weighted by molar-refractivity contribution is 5.80. The Hall–Kier alpha value is -2.25. The van der Waals surface area contributed by atoms with Gasteiger partial charge in [0.15, 0.2) is 17.5 Å². The summed E-state index contributed by atoms with van der Waals surface area (Å²) in [5, 5.41) is 6.49. The maximum Gasteiger partial charge on any atom is 0.387 e. The lowest BCUT2D eigenvalue weighted by atomic mass is 10.1. The van der Waals surface area contributed by atoms with Crippen molar-refractivity contribution in [1.29, 1.82) is 0 Å². The molecule has 1 aromatic carbocycles. The van der Waals surface area contributed by atoms with E-state index in [-0.39, 0.29) is 19.1 Å². The Labute approximate surface area is 145 Å². The lowest BCUT2D eigenvalue weighted by molar-refractivity contribution is -0.0505. The Kier molecular flexibility index (Phi) is 5.45. The highest BCUT2D eigenvalue weighted by atomic mass is 19.3. The highest BCUT2D eigenvalue weighted by Crippen LogP contribution is 2.38. The van der Waals surface area contributed by atoms with Crippen LogP contribution in [0.4, 0.5) is 8.78 Å². The Balaban J connectivity index is 1.63. The average Bonchev–Trinajstić information content (AvgIpc) is 3.13. The van der Waals surface area contributed by atoms with Gasteiger partial charge in [-0.05, 0) is 24.8 Å². The van der Waals surface area contributed by atoms with Crippen LogP contribution < -0.4 is 24.8 Å². The van der Waals surface area contributed by atoms with Gasteiger partial charge in [-0.15, -0.1) is 0 Å². The van der Waals surface area contributed by atoms with E-state index in [1.54, 1.807) is 13.1 Å². The molecule has 138 valence electrons. The monoisotopic (exact) mass is 355 g/mol. The third kappa shape index (κ3) is 4.43. The van der Waals surface area contributed by atoms with E-state index in [2.05, 4.69) is 27.3 Å². The van der Waals surface area contributed by atoms with Gasteiger partial charge >= 0.3 is 6.61 Å². The summed E-state index contributed by atoms with van der Waals surface area (Å²) in [5.74, 6) is 2.32. The molecule has 0 bridgehead atoms. The minimum atomic E-state index is -2.90. The van der Waals surface area contributed by atoms with Crippen LogP contribution in [-0.4, -0.2) is 32.5 Å². The smallest absolute Gasteiger partial charge is 0.387 e. The van der Waals surface area contributed by atoms with Crippen molar-refractivity contribution in [1.82, 2.24) is 10.6 Å². The van der Waals surface area contributed by atoms with Crippen molar-refractivity contribution in [2.45, 2.75) is 45.4 Å². The molecule has 0 saturated heterocycles. The Morgan fingerprint density at radius 1 is 1.36 bits per heavy atom. The third-order valence-corrected chi connectivity index (χ3v) is 4.35. The standard InChI is InChI=1S/C17H23F2N3O3/c1-3-4-10-5-12(10)22-17(20-2)21-8-11-6-14-15(24-9-23-14)7-13(11)25-16(18)19/h6-7,10,12,16H,3-5,8-9H2,1-2H3,(H2,20,21,22). The van der Waals surface area contributed by atoms with Crippen molar-refractivity contribution in [3.8, 4) is 17.2 Å². The summed E-state index contributed by atoms with van der Waals surface area (Å²) in [7, 11) is 1.68. The number of fused-ring (bicyclic) bond motifs is 1. The SMILES string of the molecule is CCCC1CC1NC(=NC)NCc1cc2c(cc1OC(F)F)OCO2. The quantitative estimate of drug-likeness (QED) is 0.582. The molecule has 1 aromatic rings. The Morgan fingerprint density at radius 3 is 2.80 bits per heavy atom. The first-order valence-corrected chi connectivity index (χ1v) is 8.45. The molecule has 25 heavy (non-hydrogen) atoms. The van der Waals surface area contributed by atoms with E-state index in [1.165, 1.54) is 18.9 Å². The first-order valence-electron chi connectivity index (χ1n) is 8.45. The molecule has 0 aromatic heterocycles. The van der Waals surface area contributed by atoms with Crippen molar-refractivity contribution in [2.24, 2.45) is 10.9 Å². The molecule has 1 saturated carbocycles. The van der Waals surface area contributed by atoms with E-state index < -0.39 is 6.61 Å². The number of guanidine groups is 1. The molecule has 8 heteroatoms. The maximum absolute atomic E-state index is 12.7. The molecule has 2 unspecified atom stereocenters. The number of hydrogen-bond donors (Lipinski definition) is 2. The molecule has 0 amide bonds. The van der Waals surface area contributed by atoms with Crippen LogP contribution in [0.2, 0.25) is 0 Å². The summed E-state index contributed by atoms with van der Waals surface area (Å²) in [5.41, 5.74) is 0.549. The highest BCUT2D eigenvalue weighted by Gasteiger charge is 2.36. The van der Waals surface area contributed by atoms with E-state index in [1.807, 2.05) is 0 Å². The van der Waals surface area contributed by atoms with Gasteiger partial charge in [0.25, 0.3) is 0 Å². The van der Waals surface area contributed by atoms with E-state index in [4.69, 9.17) is 9.47 Å². The summed E-state index contributed by atoms with van der Waals surface area (Å²) < 4.78 is 40.5. The van der Waals surface area contributed by atoms with Crippen molar-refractivity contribution in [3.05, 3.63) is 17.7 Å². The fraction of sp³-hybridized carbons (Fsp3) is 0.588. The van der Waals surface area contributed by atoms with Gasteiger partial charge in [-0.1, -0.05) is 13.3 Å². The number of nitrogens with zero attached hydrogens (tertiary/aromatic N) is 1. The van der Waals surface area contributed by atoms with E-state index >= 15 is 0 Å². The number of nitrogens with one attached hydrogen (secondary N) is 2. The minimum Gasteiger partial charge on any atom is -0.454 e. The molecular formula is C17H23F2N3O3. The molecule has 2 aliphatic rings. The van der Waals surface area contributed by atoms with Gasteiger partial charge in [-0.25, -0.2) is 0 Å². The molecular weight excluding hydrogens is 332 g/mol. The molecule has 0 spiro atoms. The second-order valence-electron chi connectivity index (χ2n) is 6.15. The molecule has 1 aliphatic heterocycles. The van der Waals surface area contributed by atoms with Crippen molar-refractivity contribution >= 4 is 5.96 Å². The fourth-order valence-corrected chi connectivity index (χ4v) is 2.97. The summed E-state index contributed by atoms with van der Waals surface area (Å²) >= 11 is 0. The second kappa shape index (κ2) is 7.76. The summed E-state index contributed by atoms with van der Waals surface area (Å²) in [6, 6.07) is 3.51. The second-order valence-corrected chi connectivity index (χ2v) is 6.15. The molecule has 1 fully saturated rings. The van der Waals surface area contributed by atoms with Gasteiger partial charge in [-0.2, -0.15) is 8.78 Å². The zero-order valence-corrected chi connectivity index (χ0v) is 14.4. The van der Waals surface area contributed by atoms with Crippen LogP contribution in [0.25, 0.3) is 0 Å². The maximum atomic E-state index is 12.7. The normalized spacial score (nSPS) is 21.4. The number of rotatable bonds is 7. The van der Waals surface area contributed by atoms with Crippen LogP contribution in [0, 0.1) is 5.92 Å². The Bertz CT molecular complexity index is 640. The summed E-state index contributed by atoms with van der Waals surface area (Å²) in [6.45, 7) is -0.377. The fourth-order valence-electron chi connectivity index (χ4n) is 2.97. The van der Waals surface area contributed by atoms with Crippen molar-refractivity contribution in [3.63, 3.8) is 0 Å². The largest absolute Gasteiger partial charge is 0.454 e. The van der Waals surface area contributed by atoms with E-state index in [0.717, 1.165) is 6.42 Å². The van der Waals surface area contributed by atoms with Crippen LogP contribution in [0.3, 0.4) is 0 Å². The Morgan fingerprint density at radius 2 is 2.12 bits per heavy atom. The lowest BCUT2D eigenvalue weighted by Gasteiger charge is -2.15. The zero-order valence-electron chi connectivity index (χ0n) is 14.4. The van der Waals surface area contributed by atoms with Crippen LogP contribution in [-0.2, 0) is 6.54 Å². The molecule has 1 aliphatic carbocycles. The van der Waals surface area contributed by atoms with Gasteiger partial charge in [0.2, 0.25) is 6.79 Å². The van der Waals surface area contributed by atoms with Gasteiger partial charge in [0.1, 0.15) is 5.75 Å². The first kappa shape index (κ1) is 17.6. The predicted molar refractivity (Wildman–Crippen MR) is 89.3 cm³/mol. The predicted octanol–water partition coefficient (Wildman–Crippen LogP) is 2.87. The molecule has 1 heterocycles. The number of aliphatic imine (C=N–C) groups is 1. The first-order chi connectivity index (χ1) is 12.1. The minimum absolute atomic E-state index is 0.0671. The molecule has 6 nitrogen and oxygen atoms in total. The van der Waals surface area contributed by atoms with Crippen LogP contribution in [0.15, 0.2) is 17.1 Å². The average molecular weight is 355 g/mol. The molecule has 3 rings (SSSR count). The zero-order chi connectivity index (χ0) is 17.8. The van der Waals surface area contributed by atoms with Gasteiger partial charge in [0, 0.05) is 31.3 Å². The van der Waals surface area contributed by atoms with Crippen LogP contribution in [0.5, 0.6) is 17.2 Å².